The zero-order chi connectivity index (χ0) is 22.8. The number of carbonyl (C=O) groups excluding carboxylic acids is 1. The summed E-state index contributed by atoms with van der Waals surface area (Å²) >= 11 is 0. The normalized spacial score (nSPS) is 19.2. The first-order valence-electron chi connectivity index (χ1n) is 11.9. The van der Waals surface area contributed by atoms with Crippen LogP contribution in [0, 0.1) is 19.3 Å². The third-order valence-electron chi connectivity index (χ3n) is 7.29. The summed E-state index contributed by atoms with van der Waals surface area (Å²) in [5, 5.41) is 3.51. The van der Waals surface area contributed by atoms with E-state index >= 15 is 0 Å². The summed E-state index contributed by atoms with van der Waals surface area (Å²) < 4.78 is 0. The van der Waals surface area contributed by atoms with Gasteiger partial charge in [0.05, 0.1) is 5.56 Å². The molecule has 1 amide bonds. The van der Waals surface area contributed by atoms with Crippen LogP contribution in [0.5, 0.6) is 0 Å². The Labute approximate surface area is 195 Å². The summed E-state index contributed by atoms with van der Waals surface area (Å²) in [6.07, 6.45) is 9.43. The number of aryl methyl sites for hydroxylation is 2. The number of nitrogens with one attached hydrogen (secondary N) is 1. The van der Waals surface area contributed by atoms with E-state index in [1.807, 2.05) is 50.2 Å². The second kappa shape index (κ2) is 8.93. The number of hydrogen-bond donors (Lipinski definition) is 1. The molecule has 1 spiro atoms. The quantitative estimate of drug-likeness (QED) is 0.600. The largest absolute Gasteiger partial charge is 0.368 e. The highest BCUT2D eigenvalue weighted by atomic mass is 16.2. The van der Waals surface area contributed by atoms with Crippen molar-refractivity contribution < 1.29 is 4.79 Å². The van der Waals surface area contributed by atoms with Crippen LogP contribution in [0.2, 0.25) is 0 Å². The van der Waals surface area contributed by atoms with Crippen molar-refractivity contribution in [2.45, 2.75) is 52.0 Å². The number of pyridine rings is 1. The Morgan fingerprint density at radius 3 is 2.64 bits per heavy atom. The molecule has 6 heteroatoms. The first-order chi connectivity index (χ1) is 16.0. The van der Waals surface area contributed by atoms with Crippen molar-refractivity contribution in [2.24, 2.45) is 5.41 Å². The molecule has 1 saturated heterocycles. The van der Waals surface area contributed by atoms with Crippen molar-refractivity contribution in [1.82, 2.24) is 19.9 Å². The summed E-state index contributed by atoms with van der Waals surface area (Å²) in [7, 11) is 0. The maximum atomic E-state index is 14.0. The van der Waals surface area contributed by atoms with E-state index in [0.717, 1.165) is 42.0 Å². The van der Waals surface area contributed by atoms with E-state index in [0.29, 0.717) is 23.3 Å². The van der Waals surface area contributed by atoms with Gasteiger partial charge in [-0.1, -0.05) is 30.2 Å². The molecule has 1 saturated carbocycles. The molecule has 1 aromatic carbocycles. The van der Waals surface area contributed by atoms with Crippen LogP contribution in [0.4, 0.5) is 5.82 Å². The highest BCUT2D eigenvalue weighted by Crippen LogP contribution is 2.50. The van der Waals surface area contributed by atoms with Gasteiger partial charge in [-0.3, -0.25) is 4.79 Å². The Bertz CT molecular complexity index is 1140. The molecule has 1 unspecified atom stereocenters. The Morgan fingerprint density at radius 2 is 1.91 bits per heavy atom. The molecular formula is C27H31N5O. The van der Waals surface area contributed by atoms with Gasteiger partial charge in [-0.2, -0.15) is 0 Å². The number of hydrogen-bond acceptors (Lipinski definition) is 5. The fourth-order valence-corrected chi connectivity index (χ4v) is 5.32. The van der Waals surface area contributed by atoms with E-state index in [2.05, 4.69) is 25.2 Å². The first-order valence-corrected chi connectivity index (χ1v) is 11.9. The summed E-state index contributed by atoms with van der Waals surface area (Å²) in [5.41, 5.74) is 3.93. The van der Waals surface area contributed by atoms with E-state index in [1.165, 1.54) is 19.3 Å². The average Bonchev–Trinajstić information content (AvgIpc) is 2.82. The molecule has 2 aromatic heterocycles. The predicted molar refractivity (Wildman–Crippen MR) is 130 cm³/mol. The molecule has 6 nitrogen and oxygen atoms in total. The van der Waals surface area contributed by atoms with Crippen LogP contribution in [-0.2, 0) is 0 Å². The minimum absolute atomic E-state index is 0.0688. The summed E-state index contributed by atoms with van der Waals surface area (Å²) in [5.74, 6) is 1.52. The second-order valence-corrected chi connectivity index (χ2v) is 9.63. The molecule has 0 radical (unpaired) electrons. The Balaban J connectivity index is 1.43. The van der Waals surface area contributed by atoms with Gasteiger partial charge >= 0.3 is 0 Å². The van der Waals surface area contributed by atoms with Crippen LogP contribution in [0.15, 0.2) is 54.9 Å². The van der Waals surface area contributed by atoms with Crippen molar-refractivity contribution in [3.63, 3.8) is 0 Å². The third-order valence-corrected chi connectivity index (χ3v) is 7.29. The van der Waals surface area contributed by atoms with Gasteiger partial charge in [0, 0.05) is 42.8 Å². The average molecular weight is 442 g/mol. The molecule has 1 N–H and O–H groups in total. The minimum atomic E-state index is 0.0688. The number of likely N-dealkylation sites (tertiary alicyclic amines) is 1. The lowest BCUT2D eigenvalue weighted by atomic mass is 9.61. The van der Waals surface area contributed by atoms with Gasteiger partial charge in [0.2, 0.25) is 0 Å². The lowest BCUT2D eigenvalue weighted by Crippen LogP contribution is -2.54. The van der Waals surface area contributed by atoms with Crippen molar-refractivity contribution in [3.05, 3.63) is 71.7 Å². The lowest BCUT2D eigenvalue weighted by Gasteiger charge is -2.51. The monoisotopic (exact) mass is 441 g/mol. The van der Waals surface area contributed by atoms with Gasteiger partial charge in [0.25, 0.3) is 5.91 Å². The van der Waals surface area contributed by atoms with Crippen LogP contribution >= 0.6 is 0 Å². The first kappa shape index (κ1) is 21.6. The SMILES string of the molecule is Cc1ccc(-c2ncccn2)c(C(=O)N2CCC3(CCC3)CC2CNc2cccc(C)n2)c1. The number of rotatable bonds is 5. The maximum absolute atomic E-state index is 14.0. The van der Waals surface area contributed by atoms with Crippen molar-refractivity contribution in [2.75, 3.05) is 18.4 Å². The molecule has 2 aliphatic rings. The molecule has 0 bridgehead atoms. The number of anilines is 1. The number of benzene rings is 1. The Hall–Kier alpha value is -3.28. The van der Waals surface area contributed by atoms with Crippen LogP contribution in [0.3, 0.4) is 0 Å². The van der Waals surface area contributed by atoms with E-state index in [4.69, 9.17) is 0 Å². The zero-order valence-corrected chi connectivity index (χ0v) is 19.4. The second-order valence-electron chi connectivity index (χ2n) is 9.63. The summed E-state index contributed by atoms with van der Waals surface area (Å²) in [6, 6.07) is 13.9. The summed E-state index contributed by atoms with van der Waals surface area (Å²) in [6.45, 7) is 5.51. The number of amides is 1. The molecule has 2 fully saturated rings. The highest BCUT2D eigenvalue weighted by Gasteiger charge is 2.45. The molecule has 3 heterocycles. The van der Waals surface area contributed by atoms with Gasteiger partial charge in [-0.15, -0.1) is 0 Å². The Morgan fingerprint density at radius 1 is 1.09 bits per heavy atom. The molecule has 1 aliphatic carbocycles. The Kier molecular flexibility index (Phi) is 5.83. The molecule has 33 heavy (non-hydrogen) atoms. The topological polar surface area (TPSA) is 71.0 Å². The van der Waals surface area contributed by atoms with E-state index in [1.54, 1.807) is 18.5 Å². The van der Waals surface area contributed by atoms with Gasteiger partial charge in [0.15, 0.2) is 5.82 Å². The number of nitrogens with zero attached hydrogens (tertiary/aromatic N) is 4. The molecule has 170 valence electrons. The van der Waals surface area contributed by atoms with Crippen molar-refractivity contribution >= 4 is 11.7 Å². The third kappa shape index (κ3) is 4.47. The van der Waals surface area contributed by atoms with Gasteiger partial charge < -0.3 is 10.2 Å². The number of aromatic nitrogens is 3. The van der Waals surface area contributed by atoms with Crippen LogP contribution in [-0.4, -0.2) is 44.9 Å². The fourth-order valence-electron chi connectivity index (χ4n) is 5.32. The highest BCUT2D eigenvalue weighted by molar-refractivity contribution is 6.00. The summed E-state index contributed by atoms with van der Waals surface area (Å²) in [4.78, 5) is 29.5. The standard InChI is InChI=1S/C27H31N5O/c1-19-8-9-22(25-28-13-5-14-29-25)23(16-19)26(33)32-15-12-27(10-4-11-27)17-21(32)18-30-24-7-3-6-20(2)31-24/h3,5-9,13-14,16,21H,4,10-12,15,17-18H2,1-2H3,(H,30,31). The molecule has 1 atom stereocenters. The predicted octanol–water partition coefficient (Wildman–Crippen LogP) is 5.04. The smallest absolute Gasteiger partial charge is 0.254 e. The van der Waals surface area contributed by atoms with Crippen molar-refractivity contribution in [3.8, 4) is 11.4 Å². The van der Waals surface area contributed by atoms with E-state index in [9.17, 15) is 4.79 Å². The zero-order valence-electron chi connectivity index (χ0n) is 19.4. The fraction of sp³-hybridized carbons (Fsp3) is 0.407. The van der Waals surface area contributed by atoms with Crippen molar-refractivity contribution in [1.29, 1.82) is 0 Å². The van der Waals surface area contributed by atoms with Crippen LogP contribution < -0.4 is 5.32 Å². The van der Waals surface area contributed by atoms with Gasteiger partial charge in [-0.25, -0.2) is 15.0 Å². The molecule has 3 aromatic rings. The number of piperidine rings is 1. The molecule has 1 aliphatic heterocycles. The van der Waals surface area contributed by atoms with Crippen LogP contribution in [0.1, 0.15) is 53.7 Å². The lowest BCUT2D eigenvalue weighted by molar-refractivity contribution is 0.00333. The van der Waals surface area contributed by atoms with Gasteiger partial charge in [-0.05, 0) is 69.2 Å². The molecule has 5 rings (SSSR count). The molecular weight excluding hydrogens is 410 g/mol. The van der Waals surface area contributed by atoms with Gasteiger partial charge in [0.1, 0.15) is 5.82 Å². The number of carbonyl (C=O) groups is 1. The van der Waals surface area contributed by atoms with E-state index < -0.39 is 0 Å². The van der Waals surface area contributed by atoms with E-state index in [-0.39, 0.29) is 11.9 Å². The maximum Gasteiger partial charge on any atom is 0.254 e. The van der Waals surface area contributed by atoms with Crippen LogP contribution in [0.25, 0.3) is 11.4 Å². The minimum Gasteiger partial charge on any atom is -0.368 e.